The molecular weight excluding hydrogens is 492 g/mol. The average Bonchev–Trinajstić information content (AvgIpc) is 2.86. The number of sulfonamides is 1. The minimum Gasteiger partial charge on any atom is -0.482 e. The second-order valence-electron chi connectivity index (χ2n) is 7.95. The van der Waals surface area contributed by atoms with Crippen LogP contribution in [0.15, 0.2) is 62.6 Å². The Bertz CT molecular complexity index is 1440. The minimum absolute atomic E-state index is 0.0361. The standard InChI is InChI=1S/C24H24N2O9S/c1-16-11-23(28)35-21-13-18(5-6-20(16)21)33-15-24(29)34-14-22(27)25-17-3-2-4-19(12-17)36(30,31)26-7-9-32-10-8-26/h2-6,11-13H,7-10,14-15H2,1H3,(H,25,27). The maximum absolute atomic E-state index is 12.8. The first kappa shape index (κ1) is 25.4. The SMILES string of the molecule is Cc1cc(=O)oc2cc(OCC(=O)OCC(=O)Nc3cccc(S(=O)(=O)N4CCOCC4)c3)ccc12. The van der Waals surface area contributed by atoms with Gasteiger partial charge >= 0.3 is 11.6 Å². The third-order valence-electron chi connectivity index (χ3n) is 5.37. The number of ether oxygens (including phenoxy) is 3. The van der Waals surface area contributed by atoms with Crippen LogP contribution in [0.5, 0.6) is 5.75 Å². The van der Waals surface area contributed by atoms with Crippen LogP contribution in [-0.2, 0) is 29.1 Å². The fourth-order valence-corrected chi connectivity index (χ4v) is 5.05. The molecule has 2 aromatic carbocycles. The third-order valence-corrected chi connectivity index (χ3v) is 7.26. The number of anilines is 1. The zero-order valence-corrected chi connectivity index (χ0v) is 20.2. The van der Waals surface area contributed by atoms with Crippen molar-refractivity contribution in [3.05, 3.63) is 64.5 Å². The summed E-state index contributed by atoms with van der Waals surface area (Å²) in [5.41, 5.74) is 0.826. The van der Waals surface area contributed by atoms with Gasteiger partial charge in [-0.3, -0.25) is 4.79 Å². The summed E-state index contributed by atoms with van der Waals surface area (Å²) in [6.45, 7) is 1.87. The van der Waals surface area contributed by atoms with Crippen molar-refractivity contribution >= 4 is 38.6 Å². The number of fused-ring (bicyclic) bond motifs is 1. The first-order valence-corrected chi connectivity index (χ1v) is 12.5. The number of carbonyl (C=O) groups excluding carboxylic acids is 2. The Morgan fingerprint density at radius 1 is 1.06 bits per heavy atom. The lowest BCUT2D eigenvalue weighted by Gasteiger charge is -2.26. The van der Waals surface area contributed by atoms with E-state index in [2.05, 4.69) is 5.32 Å². The maximum Gasteiger partial charge on any atom is 0.344 e. The van der Waals surface area contributed by atoms with E-state index in [9.17, 15) is 22.8 Å². The fourth-order valence-electron chi connectivity index (χ4n) is 3.59. The first-order valence-electron chi connectivity index (χ1n) is 11.0. The van der Waals surface area contributed by atoms with Crippen molar-refractivity contribution in [2.24, 2.45) is 0 Å². The van der Waals surface area contributed by atoms with E-state index in [1.54, 1.807) is 19.1 Å². The van der Waals surface area contributed by atoms with Crippen LogP contribution in [0.1, 0.15) is 5.56 Å². The van der Waals surface area contributed by atoms with Gasteiger partial charge in [0, 0.05) is 36.3 Å². The number of nitrogens with one attached hydrogen (secondary N) is 1. The molecule has 4 rings (SSSR count). The van der Waals surface area contributed by atoms with E-state index < -0.39 is 40.7 Å². The number of esters is 1. The van der Waals surface area contributed by atoms with Gasteiger partial charge in [-0.2, -0.15) is 4.31 Å². The molecule has 0 bridgehead atoms. The summed E-state index contributed by atoms with van der Waals surface area (Å²) in [5.74, 6) is -1.15. The van der Waals surface area contributed by atoms with Crippen LogP contribution < -0.4 is 15.7 Å². The summed E-state index contributed by atoms with van der Waals surface area (Å²) in [4.78, 5) is 35.8. The van der Waals surface area contributed by atoms with E-state index in [1.165, 1.54) is 40.7 Å². The van der Waals surface area contributed by atoms with Gasteiger partial charge in [0.05, 0.1) is 18.1 Å². The van der Waals surface area contributed by atoms with E-state index in [1.807, 2.05) is 0 Å². The van der Waals surface area contributed by atoms with Gasteiger partial charge in [0.25, 0.3) is 5.91 Å². The zero-order valence-electron chi connectivity index (χ0n) is 19.4. The van der Waals surface area contributed by atoms with Gasteiger partial charge in [0.15, 0.2) is 13.2 Å². The van der Waals surface area contributed by atoms with Crippen molar-refractivity contribution in [2.75, 3.05) is 44.8 Å². The molecule has 3 aromatic rings. The van der Waals surface area contributed by atoms with Crippen LogP contribution in [0.25, 0.3) is 11.0 Å². The number of rotatable bonds is 8. The lowest BCUT2D eigenvalue weighted by Crippen LogP contribution is -2.40. The van der Waals surface area contributed by atoms with Crippen molar-refractivity contribution in [2.45, 2.75) is 11.8 Å². The summed E-state index contributed by atoms with van der Waals surface area (Å²) < 4.78 is 47.5. The molecule has 1 saturated heterocycles. The van der Waals surface area contributed by atoms with Crippen molar-refractivity contribution in [1.82, 2.24) is 4.31 Å². The highest BCUT2D eigenvalue weighted by molar-refractivity contribution is 7.89. The van der Waals surface area contributed by atoms with Crippen molar-refractivity contribution in [3.8, 4) is 5.75 Å². The first-order chi connectivity index (χ1) is 17.2. The summed E-state index contributed by atoms with van der Waals surface area (Å²) in [6.07, 6.45) is 0. The molecule has 2 heterocycles. The topological polar surface area (TPSA) is 141 Å². The third kappa shape index (κ3) is 6.08. The van der Waals surface area contributed by atoms with E-state index in [4.69, 9.17) is 18.6 Å². The van der Waals surface area contributed by atoms with Crippen LogP contribution in [0, 0.1) is 6.92 Å². The van der Waals surface area contributed by atoms with E-state index in [0.717, 1.165) is 10.9 Å². The number of benzene rings is 2. The Morgan fingerprint density at radius 2 is 1.83 bits per heavy atom. The smallest absolute Gasteiger partial charge is 0.344 e. The average molecular weight is 517 g/mol. The van der Waals surface area contributed by atoms with Gasteiger partial charge < -0.3 is 23.9 Å². The quantitative estimate of drug-likeness (QED) is 0.350. The number of hydrogen-bond acceptors (Lipinski definition) is 9. The summed E-state index contributed by atoms with van der Waals surface area (Å²) in [5, 5.41) is 3.25. The number of carbonyl (C=O) groups is 2. The normalized spacial score (nSPS) is 14.4. The monoisotopic (exact) mass is 516 g/mol. The Kier molecular flexibility index (Phi) is 7.67. The lowest BCUT2D eigenvalue weighted by atomic mass is 10.1. The molecule has 0 aliphatic carbocycles. The molecule has 0 unspecified atom stereocenters. The second-order valence-corrected chi connectivity index (χ2v) is 9.89. The van der Waals surface area contributed by atoms with Gasteiger partial charge in [0.1, 0.15) is 11.3 Å². The molecule has 0 saturated carbocycles. The number of aryl methyl sites for hydroxylation is 1. The van der Waals surface area contributed by atoms with Crippen LogP contribution in [-0.4, -0.2) is 64.1 Å². The second kappa shape index (κ2) is 10.9. The summed E-state index contributed by atoms with van der Waals surface area (Å²) >= 11 is 0. The number of morpholine rings is 1. The maximum atomic E-state index is 12.8. The van der Waals surface area contributed by atoms with E-state index in [0.29, 0.717) is 18.8 Å². The molecule has 1 aliphatic rings. The predicted octanol–water partition coefficient (Wildman–Crippen LogP) is 1.68. The van der Waals surface area contributed by atoms with Crippen LogP contribution in [0.3, 0.4) is 0 Å². The summed E-state index contributed by atoms with van der Waals surface area (Å²) in [7, 11) is -3.72. The molecule has 0 radical (unpaired) electrons. The molecule has 190 valence electrons. The number of nitrogens with zero attached hydrogens (tertiary/aromatic N) is 1. The fraction of sp³-hybridized carbons (Fsp3) is 0.292. The lowest BCUT2D eigenvalue weighted by molar-refractivity contribution is -0.149. The van der Waals surface area contributed by atoms with Gasteiger partial charge in [0.2, 0.25) is 10.0 Å². The molecule has 1 aromatic heterocycles. The molecular formula is C24H24N2O9S. The molecule has 0 atom stereocenters. The Labute approximate surface area is 206 Å². The largest absolute Gasteiger partial charge is 0.482 e. The molecule has 11 nitrogen and oxygen atoms in total. The van der Waals surface area contributed by atoms with E-state index >= 15 is 0 Å². The van der Waals surface area contributed by atoms with Crippen LogP contribution in [0.2, 0.25) is 0 Å². The molecule has 0 spiro atoms. The minimum atomic E-state index is -3.72. The van der Waals surface area contributed by atoms with Gasteiger partial charge in [-0.1, -0.05) is 6.07 Å². The van der Waals surface area contributed by atoms with Gasteiger partial charge in [-0.15, -0.1) is 0 Å². The Balaban J connectivity index is 1.28. The van der Waals surface area contributed by atoms with Crippen LogP contribution in [0.4, 0.5) is 5.69 Å². The predicted molar refractivity (Wildman–Crippen MR) is 128 cm³/mol. The molecule has 36 heavy (non-hydrogen) atoms. The van der Waals surface area contributed by atoms with Gasteiger partial charge in [-0.05, 0) is 42.8 Å². The van der Waals surface area contributed by atoms with Crippen molar-refractivity contribution in [3.63, 3.8) is 0 Å². The van der Waals surface area contributed by atoms with E-state index in [-0.39, 0.29) is 29.4 Å². The highest BCUT2D eigenvalue weighted by Crippen LogP contribution is 2.22. The molecule has 1 fully saturated rings. The number of hydrogen-bond donors (Lipinski definition) is 1. The van der Waals surface area contributed by atoms with Crippen molar-refractivity contribution in [1.29, 1.82) is 0 Å². The molecule has 1 amide bonds. The molecule has 1 N–H and O–H groups in total. The molecule has 12 heteroatoms. The van der Waals surface area contributed by atoms with Gasteiger partial charge in [-0.25, -0.2) is 18.0 Å². The zero-order chi connectivity index (χ0) is 25.7. The Hall–Kier alpha value is -3.74. The summed E-state index contributed by atoms with van der Waals surface area (Å²) in [6, 6.07) is 12.0. The highest BCUT2D eigenvalue weighted by Gasteiger charge is 2.26. The highest BCUT2D eigenvalue weighted by atomic mass is 32.2. The van der Waals surface area contributed by atoms with Crippen LogP contribution >= 0.6 is 0 Å². The Morgan fingerprint density at radius 3 is 2.61 bits per heavy atom. The number of amides is 1. The molecule has 1 aliphatic heterocycles. The van der Waals surface area contributed by atoms with Crippen molar-refractivity contribution < 1.29 is 36.6 Å².